The number of hydrogen-bond acceptors (Lipinski definition) is 5. The summed E-state index contributed by atoms with van der Waals surface area (Å²) < 4.78 is 3.02. The molecule has 1 saturated heterocycles. The van der Waals surface area contributed by atoms with Crippen LogP contribution in [0.25, 0.3) is 0 Å². The first-order chi connectivity index (χ1) is 13.3. The number of nitrogens with zero attached hydrogens (tertiary/aromatic N) is 2. The van der Waals surface area contributed by atoms with E-state index in [0.717, 1.165) is 23.2 Å². The molecule has 2 heterocycles. The van der Waals surface area contributed by atoms with Crippen molar-refractivity contribution >= 4 is 35.5 Å². The number of rotatable bonds is 6. The summed E-state index contributed by atoms with van der Waals surface area (Å²) in [7, 11) is 0. The molecule has 0 aromatic heterocycles. The molecule has 150 valence electrons. The highest BCUT2D eigenvalue weighted by molar-refractivity contribution is 8.00. The number of anilines is 1. The Hall–Kier alpha value is -2.32. The normalized spacial score (nSPS) is 19.2. The SMILES string of the molecule is CCc1cccc(C)c1NC(=O)CN1C(=O)N(CC(C)C)C(=O)C2NSC=C21. The molecular formula is C20H26N4O3S. The van der Waals surface area contributed by atoms with E-state index in [0.29, 0.717) is 12.2 Å². The van der Waals surface area contributed by atoms with Crippen molar-refractivity contribution in [2.45, 2.75) is 40.2 Å². The summed E-state index contributed by atoms with van der Waals surface area (Å²) in [6.07, 6.45) is 0.796. The van der Waals surface area contributed by atoms with Gasteiger partial charge in [-0.05, 0) is 30.4 Å². The number of para-hydroxylation sites is 1. The van der Waals surface area contributed by atoms with Gasteiger partial charge in [0.2, 0.25) is 5.91 Å². The molecule has 1 atom stereocenters. The van der Waals surface area contributed by atoms with Crippen molar-refractivity contribution in [2.75, 3.05) is 18.4 Å². The number of carbonyl (C=O) groups excluding carboxylic acids is 3. The minimum absolute atomic E-state index is 0.136. The van der Waals surface area contributed by atoms with E-state index >= 15 is 0 Å². The summed E-state index contributed by atoms with van der Waals surface area (Å²) in [5.41, 5.74) is 3.35. The zero-order valence-corrected chi connectivity index (χ0v) is 17.4. The zero-order chi connectivity index (χ0) is 20.4. The maximum absolute atomic E-state index is 13.0. The fourth-order valence-electron chi connectivity index (χ4n) is 3.41. The first-order valence-corrected chi connectivity index (χ1v) is 10.3. The fourth-order valence-corrected chi connectivity index (χ4v) is 4.22. The third kappa shape index (κ3) is 3.93. The van der Waals surface area contributed by atoms with Crippen molar-refractivity contribution < 1.29 is 14.4 Å². The molecule has 0 aliphatic carbocycles. The third-order valence-corrected chi connectivity index (χ3v) is 5.53. The Morgan fingerprint density at radius 2 is 2.04 bits per heavy atom. The van der Waals surface area contributed by atoms with Crippen LogP contribution >= 0.6 is 11.9 Å². The van der Waals surface area contributed by atoms with Crippen LogP contribution in [0.15, 0.2) is 29.3 Å². The lowest BCUT2D eigenvalue weighted by atomic mass is 10.1. The first-order valence-electron chi connectivity index (χ1n) is 9.45. The second-order valence-corrected chi connectivity index (χ2v) is 8.14. The molecular weight excluding hydrogens is 376 g/mol. The number of amides is 4. The first kappa shape index (κ1) is 20.4. The van der Waals surface area contributed by atoms with Crippen LogP contribution in [-0.4, -0.2) is 46.8 Å². The van der Waals surface area contributed by atoms with Gasteiger partial charge in [0, 0.05) is 17.6 Å². The zero-order valence-electron chi connectivity index (χ0n) is 16.6. The van der Waals surface area contributed by atoms with Gasteiger partial charge in [0.25, 0.3) is 5.91 Å². The molecule has 2 aliphatic rings. The minimum Gasteiger partial charge on any atom is -0.324 e. The topological polar surface area (TPSA) is 81.8 Å². The molecule has 2 N–H and O–H groups in total. The standard InChI is InChI=1S/C20H26N4O3S/c1-5-14-8-6-7-13(4)17(14)21-16(25)10-23-15-11-28-22-18(15)19(26)24(20(23)27)9-12(2)3/h6-8,11-12,18,22H,5,9-10H2,1-4H3,(H,21,25). The van der Waals surface area contributed by atoms with Gasteiger partial charge in [-0.2, -0.15) is 0 Å². The Labute approximate surface area is 169 Å². The molecule has 0 saturated carbocycles. The summed E-state index contributed by atoms with van der Waals surface area (Å²) in [6, 6.07) is 4.85. The molecule has 7 nitrogen and oxygen atoms in total. The highest BCUT2D eigenvalue weighted by Crippen LogP contribution is 2.30. The van der Waals surface area contributed by atoms with Gasteiger partial charge in [0.1, 0.15) is 12.6 Å². The Kier molecular flexibility index (Phi) is 6.10. The number of aryl methyl sites for hydroxylation is 2. The van der Waals surface area contributed by atoms with Gasteiger partial charge >= 0.3 is 6.03 Å². The van der Waals surface area contributed by atoms with Crippen molar-refractivity contribution in [3.63, 3.8) is 0 Å². The number of hydrogen-bond donors (Lipinski definition) is 2. The van der Waals surface area contributed by atoms with Crippen molar-refractivity contribution in [1.29, 1.82) is 0 Å². The van der Waals surface area contributed by atoms with E-state index in [9.17, 15) is 14.4 Å². The molecule has 3 rings (SSSR count). The average Bonchev–Trinajstić information content (AvgIpc) is 3.13. The second-order valence-electron chi connectivity index (χ2n) is 7.43. The second kappa shape index (κ2) is 8.36. The monoisotopic (exact) mass is 402 g/mol. The van der Waals surface area contributed by atoms with Crippen LogP contribution in [0.4, 0.5) is 10.5 Å². The number of nitrogens with one attached hydrogen (secondary N) is 2. The van der Waals surface area contributed by atoms with E-state index < -0.39 is 12.1 Å². The smallest absolute Gasteiger partial charge is 0.324 e. The predicted octanol–water partition coefficient (Wildman–Crippen LogP) is 2.88. The summed E-state index contributed by atoms with van der Waals surface area (Å²) in [5, 5.41) is 4.68. The van der Waals surface area contributed by atoms with E-state index in [1.165, 1.54) is 21.7 Å². The van der Waals surface area contributed by atoms with Gasteiger partial charge in [-0.1, -0.05) is 50.9 Å². The van der Waals surface area contributed by atoms with Crippen LogP contribution < -0.4 is 10.0 Å². The Morgan fingerprint density at radius 1 is 1.29 bits per heavy atom. The average molecular weight is 403 g/mol. The van der Waals surface area contributed by atoms with Crippen LogP contribution in [0.2, 0.25) is 0 Å². The van der Waals surface area contributed by atoms with Crippen LogP contribution in [0.3, 0.4) is 0 Å². The molecule has 1 aromatic rings. The maximum atomic E-state index is 13.0. The van der Waals surface area contributed by atoms with Gasteiger partial charge in [0.15, 0.2) is 0 Å². The van der Waals surface area contributed by atoms with Crippen molar-refractivity contribution in [3.05, 3.63) is 40.4 Å². The molecule has 2 aliphatic heterocycles. The minimum atomic E-state index is -0.598. The van der Waals surface area contributed by atoms with Gasteiger partial charge in [0.05, 0.1) is 5.70 Å². The van der Waals surface area contributed by atoms with Crippen LogP contribution in [0.1, 0.15) is 31.9 Å². The molecule has 1 fully saturated rings. The highest BCUT2D eigenvalue weighted by Gasteiger charge is 2.45. The summed E-state index contributed by atoms with van der Waals surface area (Å²) in [4.78, 5) is 41.1. The van der Waals surface area contributed by atoms with Gasteiger partial charge < -0.3 is 5.32 Å². The number of imide groups is 1. The lowest BCUT2D eigenvalue weighted by Gasteiger charge is -2.38. The van der Waals surface area contributed by atoms with E-state index in [1.54, 1.807) is 5.41 Å². The molecule has 1 aromatic carbocycles. The molecule has 0 spiro atoms. The number of fused-ring (bicyclic) bond motifs is 1. The van der Waals surface area contributed by atoms with Crippen molar-refractivity contribution in [3.8, 4) is 0 Å². The molecule has 0 radical (unpaired) electrons. The van der Waals surface area contributed by atoms with Gasteiger partial charge in [-0.3, -0.25) is 19.4 Å². The van der Waals surface area contributed by atoms with Crippen LogP contribution in [0, 0.1) is 12.8 Å². The summed E-state index contributed by atoms with van der Waals surface area (Å²) in [6.45, 7) is 8.06. The maximum Gasteiger partial charge on any atom is 0.331 e. The van der Waals surface area contributed by atoms with Crippen molar-refractivity contribution in [1.82, 2.24) is 14.5 Å². The van der Waals surface area contributed by atoms with E-state index in [1.807, 2.05) is 45.9 Å². The Balaban J connectivity index is 1.81. The van der Waals surface area contributed by atoms with E-state index in [4.69, 9.17) is 0 Å². The largest absolute Gasteiger partial charge is 0.331 e. The van der Waals surface area contributed by atoms with E-state index in [-0.39, 0.29) is 24.3 Å². The molecule has 4 amide bonds. The lowest BCUT2D eigenvalue weighted by molar-refractivity contribution is -0.132. The Bertz CT molecular complexity index is 837. The quantitative estimate of drug-likeness (QED) is 0.715. The third-order valence-electron chi connectivity index (χ3n) is 4.80. The van der Waals surface area contributed by atoms with Crippen molar-refractivity contribution in [2.24, 2.45) is 5.92 Å². The summed E-state index contributed by atoms with van der Waals surface area (Å²) in [5.74, 6) is -0.409. The summed E-state index contributed by atoms with van der Waals surface area (Å²) >= 11 is 1.26. The number of carbonyl (C=O) groups is 3. The van der Waals surface area contributed by atoms with Crippen LogP contribution in [0.5, 0.6) is 0 Å². The van der Waals surface area contributed by atoms with E-state index in [2.05, 4.69) is 10.0 Å². The predicted molar refractivity (Wildman–Crippen MR) is 110 cm³/mol. The molecule has 0 bridgehead atoms. The molecule has 28 heavy (non-hydrogen) atoms. The van der Waals surface area contributed by atoms with Gasteiger partial charge in [-0.15, -0.1) is 0 Å². The lowest BCUT2D eigenvalue weighted by Crippen LogP contribution is -2.60. The number of benzene rings is 1. The number of urea groups is 1. The molecule has 8 heteroatoms. The fraction of sp³-hybridized carbons (Fsp3) is 0.450. The van der Waals surface area contributed by atoms with Gasteiger partial charge in [-0.25, -0.2) is 9.52 Å². The highest BCUT2D eigenvalue weighted by atomic mass is 32.2. The molecule has 1 unspecified atom stereocenters. The Morgan fingerprint density at radius 3 is 2.71 bits per heavy atom. The van der Waals surface area contributed by atoms with Crippen LogP contribution in [-0.2, 0) is 16.0 Å².